The molecule has 0 atom stereocenters. The molecule has 3 N–H and O–H groups in total. The van der Waals surface area contributed by atoms with Crippen LogP contribution in [0.4, 0.5) is 20.2 Å². The van der Waals surface area contributed by atoms with E-state index >= 15 is 0 Å². The molecule has 37 heavy (non-hydrogen) atoms. The average molecular weight is 510 g/mol. The molecule has 0 saturated carbocycles. The predicted octanol–water partition coefficient (Wildman–Crippen LogP) is 5.39. The van der Waals surface area contributed by atoms with Crippen molar-refractivity contribution >= 4 is 23.2 Å². The van der Waals surface area contributed by atoms with Gasteiger partial charge in [-0.25, -0.2) is 8.78 Å². The molecule has 0 aromatic heterocycles. The topological polar surface area (TPSA) is 93.9 Å². The number of carbonyl (C=O) groups is 2. The number of ether oxygens (including phenoxy) is 2. The first kappa shape index (κ1) is 25.9. The van der Waals surface area contributed by atoms with Crippen molar-refractivity contribution in [1.29, 1.82) is 0 Å². The van der Waals surface area contributed by atoms with Crippen LogP contribution in [0.25, 0.3) is 11.1 Å². The van der Waals surface area contributed by atoms with Crippen LogP contribution in [0.3, 0.4) is 0 Å². The number of anilines is 2. The van der Waals surface area contributed by atoms with Crippen LogP contribution in [0.1, 0.15) is 41.6 Å². The van der Waals surface area contributed by atoms with Crippen LogP contribution in [0.15, 0.2) is 48.5 Å². The smallest absolute Gasteiger partial charge is 0.254 e. The fraction of sp³-hybridized carbons (Fsp3) is 0.286. The number of hydrogen-bond donors (Lipinski definition) is 2. The predicted molar refractivity (Wildman–Crippen MR) is 138 cm³/mol. The van der Waals surface area contributed by atoms with Gasteiger partial charge in [-0.05, 0) is 54.3 Å². The summed E-state index contributed by atoms with van der Waals surface area (Å²) in [5.41, 5.74) is 8.71. The minimum atomic E-state index is -0.728. The Bertz CT molecular complexity index is 1310. The largest absolute Gasteiger partial charge is 0.493 e. The van der Waals surface area contributed by atoms with E-state index in [1.807, 2.05) is 0 Å². The maximum atomic E-state index is 14.1. The number of fused-ring (bicyclic) bond motifs is 1. The summed E-state index contributed by atoms with van der Waals surface area (Å²) in [5.74, 6) is -1.14. The molecule has 4 rings (SSSR count). The summed E-state index contributed by atoms with van der Waals surface area (Å²) in [4.78, 5) is 27.1. The number of rotatable bonds is 10. The Morgan fingerprint density at radius 1 is 1.03 bits per heavy atom. The van der Waals surface area contributed by atoms with E-state index in [0.717, 1.165) is 12.5 Å². The molecule has 1 aliphatic rings. The molecule has 9 heteroatoms. The number of nitrogens with zero attached hydrogens (tertiary/aromatic N) is 1. The Hall–Kier alpha value is -4.14. The van der Waals surface area contributed by atoms with Gasteiger partial charge in [-0.1, -0.05) is 18.6 Å². The van der Waals surface area contributed by atoms with E-state index in [4.69, 9.17) is 15.2 Å². The molecule has 194 valence electrons. The SMILES string of the molecule is COc1cc2c(c(-c3cc(F)cc(F)c3)c1OC)CN(CCCCCC(=O)Nc1ccccc1N)C2=O. The number of nitrogens with one attached hydrogen (secondary N) is 1. The Labute approximate surface area is 214 Å². The lowest BCUT2D eigenvalue weighted by molar-refractivity contribution is -0.116. The fourth-order valence-electron chi connectivity index (χ4n) is 4.59. The maximum absolute atomic E-state index is 14.1. The number of methoxy groups -OCH3 is 2. The molecule has 1 heterocycles. The van der Waals surface area contributed by atoms with Gasteiger partial charge in [0.1, 0.15) is 11.6 Å². The summed E-state index contributed by atoms with van der Waals surface area (Å²) in [6.45, 7) is 0.748. The molecule has 0 aliphatic carbocycles. The number of para-hydroxylation sites is 2. The van der Waals surface area contributed by atoms with Gasteiger partial charge in [-0.3, -0.25) is 9.59 Å². The molecule has 2 amide bonds. The Morgan fingerprint density at radius 2 is 1.76 bits per heavy atom. The van der Waals surface area contributed by atoms with Gasteiger partial charge in [0.2, 0.25) is 5.91 Å². The van der Waals surface area contributed by atoms with Gasteiger partial charge < -0.3 is 25.4 Å². The van der Waals surface area contributed by atoms with Crippen molar-refractivity contribution in [2.45, 2.75) is 32.2 Å². The molecular weight excluding hydrogens is 480 g/mol. The number of amides is 2. The summed E-state index contributed by atoms with van der Waals surface area (Å²) in [6.07, 6.45) is 2.43. The summed E-state index contributed by atoms with van der Waals surface area (Å²) in [7, 11) is 2.89. The van der Waals surface area contributed by atoms with Crippen LogP contribution in [0.2, 0.25) is 0 Å². The normalized spacial score (nSPS) is 12.4. The molecule has 0 bridgehead atoms. The number of nitrogens with two attached hydrogens (primary N) is 1. The van der Waals surface area contributed by atoms with E-state index in [2.05, 4.69) is 5.32 Å². The van der Waals surface area contributed by atoms with Crippen molar-refractivity contribution in [2.75, 3.05) is 31.8 Å². The standard InChI is InChI=1S/C28H29F2N3O4/c1-36-24-15-20-21(26(27(24)37-2)17-12-18(29)14-19(30)13-17)16-33(28(20)35)11-7-3-4-10-25(34)32-23-9-6-5-8-22(23)31/h5-6,8-9,12-15H,3-4,7,10-11,16,31H2,1-2H3,(H,32,34). The van der Waals surface area contributed by atoms with Gasteiger partial charge >= 0.3 is 0 Å². The number of unbranched alkanes of at least 4 members (excludes halogenated alkanes) is 2. The zero-order valence-electron chi connectivity index (χ0n) is 20.8. The molecule has 7 nitrogen and oxygen atoms in total. The average Bonchev–Trinajstić information content (AvgIpc) is 3.18. The van der Waals surface area contributed by atoms with E-state index < -0.39 is 11.6 Å². The lowest BCUT2D eigenvalue weighted by Crippen LogP contribution is -2.25. The number of carbonyl (C=O) groups excluding carboxylic acids is 2. The highest BCUT2D eigenvalue weighted by Gasteiger charge is 2.33. The molecule has 0 radical (unpaired) electrons. The molecule has 0 fully saturated rings. The zero-order valence-corrected chi connectivity index (χ0v) is 20.8. The van der Waals surface area contributed by atoms with Crippen molar-refractivity contribution in [3.05, 3.63) is 71.3 Å². The highest BCUT2D eigenvalue weighted by molar-refractivity contribution is 6.02. The van der Waals surface area contributed by atoms with Gasteiger partial charge in [0.15, 0.2) is 11.5 Å². The van der Waals surface area contributed by atoms with Crippen LogP contribution >= 0.6 is 0 Å². The van der Waals surface area contributed by atoms with Crippen molar-refractivity contribution in [2.24, 2.45) is 0 Å². The molecule has 0 saturated heterocycles. The highest BCUT2D eigenvalue weighted by Crippen LogP contribution is 2.45. The first-order chi connectivity index (χ1) is 17.8. The molecule has 0 spiro atoms. The van der Waals surface area contributed by atoms with Gasteiger partial charge in [0.25, 0.3) is 5.91 Å². The number of halogens is 2. The van der Waals surface area contributed by atoms with Gasteiger partial charge in [0, 0.05) is 36.7 Å². The van der Waals surface area contributed by atoms with Crippen molar-refractivity contribution in [3.8, 4) is 22.6 Å². The van der Waals surface area contributed by atoms with Crippen LogP contribution in [-0.2, 0) is 11.3 Å². The van der Waals surface area contributed by atoms with Crippen molar-refractivity contribution in [1.82, 2.24) is 4.90 Å². The van der Waals surface area contributed by atoms with Crippen molar-refractivity contribution in [3.63, 3.8) is 0 Å². The van der Waals surface area contributed by atoms with Gasteiger partial charge in [-0.2, -0.15) is 0 Å². The van der Waals surface area contributed by atoms with Gasteiger partial charge in [-0.15, -0.1) is 0 Å². The summed E-state index contributed by atoms with van der Waals surface area (Å²) in [6, 6.07) is 11.9. The minimum Gasteiger partial charge on any atom is -0.493 e. The third-order valence-electron chi connectivity index (χ3n) is 6.36. The van der Waals surface area contributed by atoms with Crippen LogP contribution < -0.4 is 20.5 Å². The summed E-state index contributed by atoms with van der Waals surface area (Å²) < 4.78 is 39.1. The quantitative estimate of drug-likeness (QED) is 0.283. The van der Waals surface area contributed by atoms with E-state index in [0.29, 0.717) is 65.4 Å². The second-order valence-corrected chi connectivity index (χ2v) is 8.84. The maximum Gasteiger partial charge on any atom is 0.254 e. The Balaban J connectivity index is 1.42. The van der Waals surface area contributed by atoms with Gasteiger partial charge in [0.05, 0.1) is 25.6 Å². The van der Waals surface area contributed by atoms with Crippen LogP contribution in [-0.4, -0.2) is 37.5 Å². The second-order valence-electron chi connectivity index (χ2n) is 8.84. The first-order valence-electron chi connectivity index (χ1n) is 12.0. The zero-order chi connectivity index (χ0) is 26.5. The Morgan fingerprint density at radius 3 is 2.43 bits per heavy atom. The number of benzene rings is 3. The summed E-state index contributed by atoms with van der Waals surface area (Å²) in [5, 5.41) is 2.81. The molecule has 3 aromatic carbocycles. The third kappa shape index (κ3) is 5.66. The van der Waals surface area contributed by atoms with E-state index in [9.17, 15) is 18.4 Å². The highest BCUT2D eigenvalue weighted by atomic mass is 19.1. The number of nitrogen functional groups attached to an aromatic ring is 1. The van der Waals surface area contributed by atoms with Crippen molar-refractivity contribution < 1.29 is 27.8 Å². The second kappa shape index (κ2) is 11.3. The van der Waals surface area contributed by atoms with Crippen LogP contribution in [0, 0.1) is 11.6 Å². The lowest BCUT2D eigenvalue weighted by atomic mass is 9.95. The number of hydrogen-bond acceptors (Lipinski definition) is 5. The first-order valence-corrected chi connectivity index (χ1v) is 12.0. The van der Waals surface area contributed by atoms with Crippen LogP contribution in [0.5, 0.6) is 11.5 Å². The fourth-order valence-corrected chi connectivity index (χ4v) is 4.59. The van der Waals surface area contributed by atoms with E-state index in [1.165, 1.54) is 26.4 Å². The summed E-state index contributed by atoms with van der Waals surface area (Å²) >= 11 is 0. The van der Waals surface area contributed by atoms with E-state index in [1.54, 1.807) is 35.2 Å². The molecule has 1 aliphatic heterocycles. The lowest BCUT2D eigenvalue weighted by Gasteiger charge is -2.17. The third-order valence-corrected chi connectivity index (χ3v) is 6.36. The molecular formula is C28H29F2N3O4. The molecule has 3 aromatic rings. The molecule has 0 unspecified atom stereocenters. The monoisotopic (exact) mass is 509 g/mol. The minimum absolute atomic E-state index is 0.117. The van der Waals surface area contributed by atoms with E-state index in [-0.39, 0.29) is 23.9 Å². The Kier molecular flexibility index (Phi) is 7.91.